The third-order valence-corrected chi connectivity index (χ3v) is 4.99. The average Bonchev–Trinajstić information content (AvgIpc) is 3.15. The molecule has 23 heavy (non-hydrogen) atoms. The molecule has 1 atom stereocenters. The minimum Gasteiger partial charge on any atom is -0.481 e. The van der Waals surface area contributed by atoms with E-state index in [1.807, 2.05) is 11.7 Å². The van der Waals surface area contributed by atoms with E-state index in [0.717, 1.165) is 70.3 Å². The number of aryl methyl sites for hydroxylation is 2. The summed E-state index contributed by atoms with van der Waals surface area (Å²) in [7, 11) is 3.65. The van der Waals surface area contributed by atoms with Gasteiger partial charge in [-0.1, -0.05) is 0 Å². The Morgan fingerprint density at radius 1 is 1.26 bits per heavy atom. The predicted molar refractivity (Wildman–Crippen MR) is 87.7 cm³/mol. The van der Waals surface area contributed by atoms with E-state index in [9.17, 15) is 0 Å². The van der Waals surface area contributed by atoms with Gasteiger partial charge in [-0.3, -0.25) is 4.90 Å². The van der Waals surface area contributed by atoms with Crippen LogP contribution < -0.4 is 4.74 Å². The van der Waals surface area contributed by atoms with Crippen LogP contribution in [0.15, 0.2) is 0 Å². The largest absolute Gasteiger partial charge is 0.481 e. The van der Waals surface area contributed by atoms with Crippen molar-refractivity contribution in [2.45, 2.75) is 38.8 Å². The van der Waals surface area contributed by atoms with Crippen molar-refractivity contribution in [2.75, 3.05) is 40.0 Å². The Morgan fingerprint density at radius 2 is 2.04 bits per heavy atom. The van der Waals surface area contributed by atoms with E-state index < -0.39 is 0 Å². The van der Waals surface area contributed by atoms with Gasteiger partial charge in [-0.25, -0.2) is 4.68 Å². The molecule has 0 saturated carbocycles. The molecule has 2 aliphatic rings. The van der Waals surface area contributed by atoms with Crippen molar-refractivity contribution in [3.8, 4) is 5.88 Å². The van der Waals surface area contributed by atoms with Gasteiger partial charge in [-0.05, 0) is 26.2 Å². The lowest BCUT2D eigenvalue weighted by Gasteiger charge is -2.32. The van der Waals surface area contributed by atoms with E-state index in [2.05, 4.69) is 16.9 Å². The maximum Gasteiger partial charge on any atom is 0.216 e. The average molecular weight is 323 g/mol. The molecule has 6 nitrogen and oxygen atoms in total. The number of methoxy groups -OCH3 is 1. The molecule has 2 saturated heterocycles. The standard InChI is InChI=1S/C17H29N3O3/c1-13-16(17(21-3)19(2)18-13)10-20-7-4-15(5-8-20)23-12-14-6-9-22-11-14/h14-15H,4-12H2,1-3H3/t14-/m0/s1. The minimum absolute atomic E-state index is 0.406. The Morgan fingerprint density at radius 3 is 2.70 bits per heavy atom. The molecule has 6 heteroatoms. The number of likely N-dealkylation sites (tertiary alicyclic amines) is 1. The van der Waals surface area contributed by atoms with E-state index in [4.69, 9.17) is 14.2 Å². The fourth-order valence-electron chi connectivity index (χ4n) is 3.56. The summed E-state index contributed by atoms with van der Waals surface area (Å²) in [5.74, 6) is 1.48. The van der Waals surface area contributed by atoms with Gasteiger partial charge >= 0.3 is 0 Å². The van der Waals surface area contributed by atoms with Gasteiger partial charge in [0.05, 0.1) is 37.7 Å². The fourth-order valence-corrected chi connectivity index (χ4v) is 3.56. The highest BCUT2D eigenvalue weighted by Gasteiger charge is 2.24. The lowest BCUT2D eigenvalue weighted by Crippen LogP contribution is -2.37. The Hall–Kier alpha value is -1.11. The fraction of sp³-hybridized carbons (Fsp3) is 0.824. The number of rotatable bonds is 6. The molecule has 0 unspecified atom stereocenters. The number of hydrogen-bond acceptors (Lipinski definition) is 5. The van der Waals surface area contributed by atoms with Crippen molar-refractivity contribution >= 4 is 0 Å². The highest BCUT2D eigenvalue weighted by Crippen LogP contribution is 2.25. The van der Waals surface area contributed by atoms with Crippen LogP contribution in [0.5, 0.6) is 5.88 Å². The van der Waals surface area contributed by atoms with Crippen molar-refractivity contribution in [1.82, 2.24) is 14.7 Å². The number of nitrogens with zero attached hydrogens (tertiary/aromatic N) is 3. The molecule has 1 aromatic heterocycles. The third kappa shape index (κ3) is 4.05. The minimum atomic E-state index is 0.406. The number of aromatic nitrogens is 2. The molecule has 0 spiro atoms. The van der Waals surface area contributed by atoms with Crippen LogP contribution in [0.1, 0.15) is 30.5 Å². The summed E-state index contributed by atoms with van der Waals surface area (Å²) in [5, 5.41) is 4.46. The van der Waals surface area contributed by atoms with Gasteiger partial charge in [0.15, 0.2) is 0 Å². The first-order valence-electron chi connectivity index (χ1n) is 8.65. The van der Waals surface area contributed by atoms with Crippen LogP contribution in [0, 0.1) is 12.8 Å². The Labute approximate surface area is 138 Å². The normalized spacial score (nSPS) is 23.5. The highest BCUT2D eigenvalue weighted by atomic mass is 16.5. The van der Waals surface area contributed by atoms with Gasteiger partial charge in [0.1, 0.15) is 0 Å². The summed E-state index contributed by atoms with van der Waals surface area (Å²) in [6.07, 6.45) is 3.77. The molecule has 3 rings (SSSR count). The predicted octanol–water partition coefficient (Wildman–Crippen LogP) is 1.75. The summed E-state index contributed by atoms with van der Waals surface area (Å²) >= 11 is 0. The quantitative estimate of drug-likeness (QED) is 0.798. The Balaban J connectivity index is 1.45. The molecule has 0 amide bonds. The van der Waals surface area contributed by atoms with Crippen LogP contribution in [-0.2, 0) is 23.1 Å². The van der Waals surface area contributed by atoms with Gasteiger partial charge in [-0.2, -0.15) is 5.10 Å². The summed E-state index contributed by atoms with van der Waals surface area (Å²) in [5.41, 5.74) is 2.27. The van der Waals surface area contributed by atoms with Crippen molar-refractivity contribution in [3.63, 3.8) is 0 Å². The van der Waals surface area contributed by atoms with Crippen molar-refractivity contribution in [3.05, 3.63) is 11.3 Å². The molecular formula is C17H29N3O3. The summed E-state index contributed by atoms with van der Waals surface area (Å²) in [4.78, 5) is 2.48. The first-order valence-corrected chi connectivity index (χ1v) is 8.65. The smallest absolute Gasteiger partial charge is 0.216 e. The summed E-state index contributed by atoms with van der Waals surface area (Å²) in [6.45, 7) is 7.74. The van der Waals surface area contributed by atoms with Gasteiger partial charge < -0.3 is 14.2 Å². The summed E-state index contributed by atoms with van der Waals surface area (Å²) < 4.78 is 18.8. The first kappa shape index (κ1) is 16.7. The monoisotopic (exact) mass is 323 g/mol. The van der Waals surface area contributed by atoms with E-state index in [1.165, 1.54) is 5.56 Å². The van der Waals surface area contributed by atoms with Gasteiger partial charge in [-0.15, -0.1) is 0 Å². The second kappa shape index (κ2) is 7.64. The Kier molecular flexibility index (Phi) is 5.56. The van der Waals surface area contributed by atoms with Crippen LogP contribution in [-0.4, -0.2) is 60.8 Å². The maximum absolute atomic E-state index is 6.09. The second-order valence-corrected chi connectivity index (χ2v) is 6.74. The number of hydrogen-bond donors (Lipinski definition) is 0. The molecule has 2 aliphatic heterocycles. The lowest BCUT2D eigenvalue weighted by atomic mass is 10.1. The summed E-state index contributed by atoms with van der Waals surface area (Å²) in [6, 6.07) is 0. The van der Waals surface area contributed by atoms with Crippen LogP contribution in [0.3, 0.4) is 0 Å². The van der Waals surface area contributed by atoms with E-state index in [0.29, 0.717) is 12.0 Å². The zero-order valence-corrected chi connectivity index (χ0v) is 14.6. The van der Waals surface area contributed by atoms with Crippen molar-refractivity contribution in [2.24, 2.45) is 13.0 Å². The maximum atomic E-state index is 6.09. The Bertz CT molecular complexity index is 503. The van der Waals surface area contributed by atoms with Crippen LogP contribution in [0.25, 0.3) is 0 Å². The van der Waals surface area contributed by atoms with Gasteiger partial charge in [0, 0.05) is 39.2 Å². The molecule has 2 fully saturated rings. The number of piperidine rings is 1. The molecule has 3 heterocycles. The zero-order chi connectivity index (χ0) is 16.2. The van der Waals surface area contributed by atoms with E-state index in [-0.39, 0.29) is 0 Å². The van der Waals surface area contributed by atoms with Crippen molar-refractivity contribution < 1.29 is 14.2 Å². The second-order valence-electron chi connectivity index (χ2n) is 6.74. The molecule has 0 bridgehead atoms. The van der Waals surface area contributed by atoms with Gasteiger partial charge in [0.25, 0.3) is 0 Å². The van der Waals surface area contributed by atoms with E-state index >= 15 is 0 Å². The number of ether oxygens (including phenoxy) is 3. The first-order chi connectivity index (χ1) is 11.2. The molecule has 0 radical (unpaired) electrons. The van der Waals surface area contributed by atoms with E-state index in [1.54, 1.807) is 7.11 Å². The highest BCUT2D eigenvalue weighted by molar-refractivity contribution is 5.30. The topological polar surface area (TPSA) is 48.8 Å². The molecule has 130 valence electrons. The SMILES string of the molecule is COc1c(CN2CCC(OC[C@H]3CCOC3)CC2)c(C)nn1C. The molecule has 1 aromatic rings. The molecule has 0 N–H and O–H groups in total. The molecular weight excluding hydrogens is 294 g/mol. The van der Waals surface area contributed by atoms with Crippen LogP contribution in [0.2, 0.25) is 0 Å². The third-order valence-electron chi connectivity index (χ3n) is 4.99. The molecule has 0 aliphatic carbocycles. The van der Waals surface area contributed by atoms with Gasteiger partial charge in [0.2, 0.25) is 5.88 Å². The van der Waals surface area contributed by atoms with Crippen LogP contribution >= 0.6 is 0 Å². The molecule has 0 aromatic carbocycles. The van der Waals surface area contributed by atoms with Crippen molar-refractivity contribution in [1.29, 1.82) is 0 Å². The van der Waals surface area contributed by atoms with Crippen LogP contribution in [0.4, 0.5) is 0 Å². The zero-order valence-electron chi connectivity index (χ0n) is 14.6. The lowest BCUT2D eigenvalue weighted by molar-refractivity contribution is -0.0118.